The van der Waals surface area contributed by atoms with E-state index in [1.165, 1.54) is 20.4 Å². The Morgan fingerprint density at radius 1 is 1.33 bits per heavy atom. The summed E-state index contributed by atoms with van der Waals surface area (Å²) in [5.74, 6) is 0.660. The molecule has 6 heteroatoms. The van der Waals surface area contributed by atoms with Crippen LogP contribution in [0.4, 0.5) is 0 Å². The molecule has 0 unspecified atom stereocenters. The van der Waals surface area contributed by atoms with E-state index in [-0.39, 0.29) is 5.78 Å². The SMILES string of the molecule is CCCn1ncc(Cl)c1C(=O)c1cccc(OC)c1OC. The highest BCUT2D eigenvalue weighted by Crippen LogP contribution is 2.33. The molecule has 1 aromatic heterocycles. The number of benzene rings is 1. The van der Waals surface area contributed by atoms with Crippen molar-refractivity contribution in [2.45, 2.75) is 19.9 Å². The Morgan fingerprint density at radius 2 is 2.10 bits per heavy atom. The van der Waals surface area contributed by atoms with Gasteiger partial charge in [-0.15, -0.1) is 0 Å². The zero-order valence-corrected chi connectivity index (χ0v) is 13.0. The lowest BCUT2D eigenvalue weighted by atomic mass is 10.1. The van der Waals surface area contributed by atoms with E-state index in [4.69, 9.17) is 21.1 Å². The predicted molar refractivity (Wildman–Crippen MR) is 80.5 cm³/mol. The van der Waals surface area contributed by atoms with Crippen molar-refractivity contribution in [2.75, 3.05) is 14.2 Å². The number of carbonyl (C=O) groups excluding carboxylic acids is 1. The third-order valence-electron chi connectivity index (χ3n) is 3.09. The van der Waals surface area contributed by atoms with Crippen LogP contribution in [0.1, 0.15) is 29.4 Å². The highest BCUT2D eigenvalue weighted by molar-refractivity contribution is 6.34. The summed E-state index contributed by atoms with van der Waals surface area (Å²) >= 11 is 6.12. The van der Waals surface area contributed by atoms with Crippen molar-refractivity contribution >= 4 is 17.4 Å². The molecule has 0 saturated heterocycles. The summed E-state index contributed by atoms with van der Waals surface area (Å²) in [6.45, 7) is 2.63. The number of methoxy groups -OCH3 is 2. The van der Waals surface area contributed by atoms with Gasteiger partial charge in [0.05, 0.1) is 31.0 Å². The smallest absolute Gasteiger partial charge is 0.216 e. The topological polar surface area (TPSA) is 53.4 Å². The van der Waals surface area contributed by atoms with E-state index in [0.717, 1.165) is 6.42 Å². The van der Waals surface area contributed by atoms with Crippen LogP contribution in [0.25, 0.3) is 0 Å². The van der Waals surface area contributed by atoms with Gasteiger partial charge in [0.1, 0.15) is 5.69 Å². The normalized spacial score (nSPS) is 10.5. The Bertz CT molecular complexity index is 652. The molecule has 2 aromatic rings. The van der Waals surface area contributed by atoms with Gasteiger partial charge in [-0.25, -0.2) is 0 Å². The van der Waals surface area contributed by atoms with Gasteiger partial charge in [0.25, 0.3) is 0 Å². The van der Waals surface area contributed by atoms with Gasteiger partial charge in [-0.05, 0) is 18.6 Å². The fourth-order valence-corrected chi connectivity index (χ4v) is 2.39. The van der Waals surface area contributed by atoms with E-state index in [1.807, 2.05) is 6.92 Å². The molecule has 0 saturated carbocycles. The van der Waals surface area contributed by atoms with Crippen LogP contribution in [0.2, 0.25) is 5.02 Å². The maximum absolute atomic E-state index is 12.8. The van der Waals surface area contributed by atoms with Crippen LogP contribution in [0.15, 0.2) is 24.4 Å². The summed E-state index contributed by atoms with van der Waals surface area (Å²) in [5, 5.41) is 4.47. The van der Waals surface area contributed by atoms with Crippen molar-refractivity contribution < 1.29 is 14.3 Å². The highest BCUT2D eigenvalue weighted by atomic mass is 35.5. The lowest BCUT2D eigenvalue weighted by Crippen LogP contribution is -2.13. The minimum atomic E-state index is -0.235. The molecule has 0 fully saturated rings. The number of ketones is 1. The van der Waals surface area contributed by atoms with Gasteiger partial charge >= 0.3 is 0 Å². The first kappa shape index (κ1) is 15.4. The maximum Gasteiger partial charge on any atom is 0.216 e. The molecule has 2 rings (SSSR count). The highest BCUT2D eigenvalue weighted by Gasteiger charge is 2.23. The van der Waals surface area contributed by atoms with E-state index in [0.29, 0.717) is 34.3 Å². The number of para-hydroxylation sites is 1. The van der Waals surface area contributed by atoms with Crippen molar-refractivity contribution in [1.82, 2.24) is 9.78 Å². The fraction of sp³-hybridized carbons (Fsp3) is 0.333. The van der Waals surface area contributed by atoms with Gasteiger partial charge in [-0.3, -0.25) is 9.48 Å². The quantitative estimate of drug-likeness (QED) is 0.769. The second kappa shape index (κ2) is 6.63. The number of hydrogen-bond acceptors (Lipinski definition) is 4. The summed E-state index contributed by atoms with van der Waals surface area (Å²) in [5.41, 5.74) is 0.765. The van der Waals surface area contributed by atoms with Gasteiger partial charge in [-0.1, -0.05) is 24.6 Å². The summed E-state index contributed by atoms with van der Waals surface area (Å²) in [6, 6.07) is 5.16. The zero-order chi connectivity index (χ0) is 15.4. The molecule has 0 radical (unpaired) electrons. The van der Waals surface area contributed by atoms with Gasteiger partial charge in [0.15, 0.2) is 11.5 Å². The van der Waals surface area contributed by atoms with Crippen LogP contribution >= 0.6 is 11.6 Å². The minimum absolute atomic E-state index is 0.235. The van der Waals surface area contributed by atoms with Crippen LogP contribution in [0.5, 0.6) is 11.5 Å². The molecule has 21 heavy (non-hydrogen) atoms. The lowest BCUT2D eigenvalue weighted by molar-refractivity contribution is 0.102. The van der Waals surface area contributed by atoms with Gasteiger partial charge in [0, 0.05) is 6.54 Å². The molecule has 1 heterocycles. The molecule has 0 aliphatic carbocycles. The Morgan fingerprint density at radius 3 is 2.71 bits per heavy atom. The van der Waals surface area contributed by atoms with Gasteiger partial charge in [0.2, 0.25) is 5.78 Å². The van der Waals surface area contributed by atoms with Crippen LogP contribution in [0, 0.1) is 0 Å². The monoisotopic (exact) mass is 308 g/mol. The minimum Gasteiger partial charge on any atom is -0.493 e. The maximum atomic E-state index is 12.8. The Hall–Kier alpha value is -2.01. The van der Waals surface area contributed by atoms with E-state index >= 15 is 0 Å². The predicted octanol–water partition coefficient (Wildman–Crippen LogP) is 3.19. The molecule has 112 valence electrons. The van der Waals surface area contributed by atoms with E-state index in [1.54, 1.807) is 22.9 Å². The number of rotatable bonds is 6. The Kier molecular flexibility index (Phi) is 4.85. The first-order valence-corrected chi connectivity index (χ1v) is 6.98. The average molecular weight is 309 g/mol. The first-order valence-electron chi connectivity index (χ1n) is 6.61. The molecule has 0 spiro atoms. The average Bonchev–Trinajstić information content (AvgIpc) is 2.86. The second-order valence-electron chi connectivity index (χ2n) is 4.43. The molecule has 5 nitrogen and oxygen atoms in total. The lowest BCUT2D eigenvalue weighted by Gasteiger charge is -2.12. The fourth-order valence-electron chi connectivity index (χ4n) is 2.16. The summed E-state index contributed by atoms with van der Waals surface area (Å²) in [4.78, 5) is 12.8. The van der Waals surface area contributed by atoms with E-state index in [9.17, 15) is 4.79 Å². The second-order valence-corrected chi connectivity index (χ2v) is 4.84. The zero-order valence-electron chi connectivity index (χ0n) is 12.2. The van der Waals surface area contributed by atoms with Gasteiger partial charge in [-0.2, -0.15) is 5.10 Å². The molecule has 0 bridgehead atoms. The summed E-state index contributed by atoms with van der Waals surface area (Å²) in [6.07, 6.45) is 2.34. The van der Waals surface area contributed by atoms with Crippen molar-refractivity contribution in [3.05, 3.63) is 40.7 Å². The number of aromatic nitrogens is 2. The number of halogens is 1. The van der Waals surface area contributed by atoms with Crippen molar-refractivity contribution in [3.63, 3.8) is 0 Å². The molecular formula is C15H17ClN2O3. The molecule has 1 aromatic carbocycles. The Labute approximate surface area is 128 Å². The third kappa shape index (κ3) is 2.88. The van der Waals surface area contributed by atoms with E-state index in [2.05, 4.69) is 5.10 Å². The Balaban J connectivity index is 2.53. The first-order chi connectivity index (χ1) is 10.1. The summed E-state index contributed by atoms with van der Waals surface area (Å²) in [7, 11) is 3.03. The van der Waals surface area contributed by atoms with Crippen LogP contribution in [-0.4, -0.2) is 29.8 Å². The summed E-state index contributed by atoms with van der Waals surface area (Å²) < 4.78 is 12.1. The van der Waals surface area contributed by atoms with Gasteiger partial charge < -0.3 is 9.47 Å². The number of aryl methyl sites for hydroxylation is 1. The molecule has 0 atom stereocenters. The van der Waals surface area contributed by atoms with Crippen molar-refractivity contribution in [1.29, 1.82) is 0 Å². The number of ether oxygens (including phenoxy) is 2. The molecular weight excluding hydrogens is 292 g/mol. The molecule has 0 amide bonds. The van der Waals surface area contributed by atoms with Crippen molar-refractivity contribution in [3.8, 4) is 11.5 Å². The number of nitrogens with zero attached hydrogens (tertiary/aromatic N) is 2. The largest absolute Gasteiger partial charge is 0.493 e. The number of hydrogen-bond donors (Lipinski definition) is 0. The third-order valence-corrected chi connectivity index (χ3v) is 3.37. The van der Waals surface area contributed by atoms with E-state index < -0.39 is 0 Å². The van der Waals surface area contributed by atoms with Crippen LogP contribution in [0.3, 0.4) is 0 Å². The van der Waals surface area contributed by atoms with Crippen LogP contribution in [-0.2, 0) is 6.54 Å². The molecule has 0 aliphatic heterocycles. The van der Waals surface area contributed by atoms with Crippen LogP contribution < -0.4 is 9.47 Å². The molecule has 0 aliphatic rings. The molecule has 0 N–H and O–H groups in total. The standard InChI is InChI=1S/C15H17ClN2O3/c1-4-8-18-13(11(16)9-17-18)14(19)10-6-5-7-12(20-2)15(10)21-3/h5-7,9H,4,8H2,1-3H3. The van der Waals surface area contributed by atoms with Crippen molar-refractivity contribution in [2.24, 2.45) is 0 Å². The number of carbonyl (C=O) groups is 1.